The van der Waals surface area contributed by atoms with Gasteiger partial charge >= 0.3 is 0 Å². The Morgan fingerprint density at radius 2 is 1.86 bits per heavy atom. The highest BCUT2D eigenvalue weighted by Gasteiger charge is 2.14. The summed E-state index contributed by atoms with van der Waals surface area (Å²) in [5, 5.41) is 3.96. The average Bonchev–Trinajstić information content (AvgIpc) is 2.69. The zero-order valence-corrected chi connectivity index (χ0v) is 17.0. The fourth-order valence-corrected chi connectivity index (χ4v) is 3.36. The lowest BCUT2D eigenvalue weighted by Gasteiger charge is -2.17. The average molecular weight is 395 g/mol. The van der Waals surface area contributed by atoms with Crippen molar-refractivity contribution in [3.63, 3.8) is 0 Å². The SMILES string of the molecule is Cc1cc(C)c(Nc2ccnc(C(=O)N(C)CCc3ccncc3)c2)c(Cl)c1. The second-order valence-electron chi connectivity index (χ2n) is 6.83. The van der Waals surface area contributed by atoms with Crippen LogP contribution in [0.4, 0.5) is 11.4 Å². The number of halogens is 1. The quantitative estimate of drug-likeness (QED) is 0.652. The van der Waals surface area contributed by atoms with Crippen molar-refractivity contribution in [2.24, 2.45) is 0 Å². The van der Waals surface area contributed by atoms with Crippen LogP contribution in [0.2, 0.25) is 5.02 Å². The molecule has 0 saturated heterocycles. The van der Waals surface area contributed by atoms with E-state index in [9.17, 15) is 4.79 Å². The topological polar surface area (TPSA) is 58.1 Å². The van der Waals surface area contributed by atoms with E-state index in [1.165, 1.54) is 0 Å². The zero-order chi connectivity index (χ0) is 20.1. The van der Waals surface area contributed by atoms with Gasteiger partial charge in [-0.1, -0.05) is 17.7 Å². The van der Waals surface area contributed by atoms with E-state index in [4.69, 9.17) is 11.6 Å². The minimum Gasteiger partial charge on any atom is -0.354 e. The highest BCUT2D eigenvalue weighted by Crippen LogP contribution is 2.30. The van der Waals surface area contributed by atoms with Gasteiger partial charge in [0.2, 0.25) is 0 Å². The van der Waals surface area contributed by atoms with Crippen molar-refractivity contribution < 1.29 is 4.79 Å². The van der Waals surface area contributed by atoms with Gasteiger partial charge in [-0.3, -0.25) is 14.8 Å². The Kier molecular flexibility index (Phi) is 6.26. The lowest BCUT2D eigenvalue weighted by Crippen LogP contribution is -2.29. The smallest absolute Gasteiger partial charge is 0.272 e. The number of carbonyl (C=O) groups excluding carboxylic acids is 1. The first-order valence-electron chi connectivity index (χ1n) is 9.08. The lowest BCUT2D eigenvalue weighted by molar-refractivity contribution is 0.0791. The summed E-state index contributed by atoms with van der Waals surface area (Å²) in [5.74, 6) is -0.121. The minimum atomic E-state index is -0.121. The molecule has 1 aromatic carbocycles. The van der Waals surface area contributed by atoms with Crippen molar-refractivity contribution in [3.8, 4) is 0 Å². The first-order chi connectivity index (χ1) is 13.4. The molecule has 1 amide bonds. The molecule has 5 nitrogen and oxygen atoms in total. The van der Waals surface area contributed by atoms with Gasteiger partial charge in [-0.2, -0.15) is 0 Å². The molecular formula is C22H23ClN4O. The molecule has 2 heterocycles. The fourth-order valence-electron chi connectivity index (χ4n) is 2.99. The van der Waals surface area contributed by atoms with E-state index in [-0.39, 0.29) is 5.91 Å². The van der Waals surface area contributed by atoms with Crippen LogP contribution in [-0.2, 0) is 6.42 Å². The fraction of sp³-hybridized carbons (Fsp3) is 0.227. The molecule has 2 aromatic heterocycles. The van der Waals surface area contributed by atoms with E-state index in [0.29, 0.717) is 17.3 Å². The number of aromatic nitrogens is 2. The van der Waals surface area contributed by atoms with E-state index in [2.05, 4.69) is 21.4 Å². The van der Waals surface area contributed by atoms with E-state index >= 15 is 0 Å². The predicted molar refractivity (Wildman–Crippen MR) is 113 cm³/mol. The maximum atomic E-state index is 12.7. The van der Waals surface area contributed by atoms with E-state index in [1.54, 1.807) is 36.6 Å². The Morgan fingerprint density at radius 1 is 1.11 bits per heavy atom. The van der Waals surface area contributed by atoms with Crippen LogP contribution in [0.25, 0.3) is 0 Å². The number of nitrogens with zero attached hydrogens (tertiary/aromatic N) is 3. The Hall–Kier alpha value is -2.92. The molecule has 0 spiro atoms. The van der Waals surface area contributed by atoms with Crippen LogP contribution in [0.5, 0.6) is 0 Å². The summed E-state index contributed by atoms with van der Waals surface area (Å²) < 4.78 is 0. The second-order valence-corrected chi connectivity index (χ2v) is 7.23. The van der Waals surface area contributed by atoms with Crippen LogP contribution in [0.15, 0.2) is 55.0 Å². The molecule has 6 heteroatoms. The third kappa shape index (κ3) is 4.87. The van der Waals surface area contributed by atoms with Crippen molar-refractivity contribution in [1.82, 2.24) is 14.9 Å². The summed E-state index contributed by atoms with van der Waals surface area (Å²) in [6.07, 6.45) is 5.91. The summed E-state index contributed by atoms with van der Waals surface area (Å²) in [6.45, 7) is 4.61. The Morgan fingerprint density at radius 3 is 2.57 bits per heavy atom. The molecule has 28 heavy (non-hydrogen) atoms. The molecule has 0 atom stereocenters. The molecule has 0 aliphatic heterocycles. The number of anilines is 2. The number of amides is 1. The number of hydrogen-bond acceptors (Lipinski definition) is 4. The number of hydrogen-bond donors (Lipinski definition) is 1. The van der Waals surface area contributed by atoms with Gasteiger partial charge in [0.25, 0.3) is 5.91 Å². The van der Waals surface area contributed by atoms with Crippen molar-refractivity contribution in [1.29, 1.82) is 0 Å². The standard InChI is InChI=1S/C22H23ClN4O/c1-15-12-16(2)21(19(23)13-15)26-18-6-10-25-20(14-18)22(28)27(3)11-7-17-4-8-24-9-5-17/h4-6,8-10,12-14H,7,11H2,1-3H3,(H,25,26). The zero-order valence-electron chi connectivity index (χ0n) is 16.2. The van der Waals surface area contributed by atoms with Gasteiger partial charge in [0.15, 0.2) is 0 Å². The molecule has 1 N–H and O–H groups in total. The maximum Gasteiger partial charge on any atom is 0.272 e. The molecule has 0 bridgehead atoms. The summed E-state index contributed by atoms with van der Waals surface area (Å²) in [4.78, 5) is 22.7. The van der Waals surface area contributed by atoms with Crippen LogP contribution in [0.3, 0.4) is 0 Å². The summed E-state index contributed by atoms with van der Waals surface area (Å²) in [6, 6.07) is 11.5. The number of likely N-dealkylation sites (N-methyl/N-ethyl adjacent to an activating group) is 1. The monoisotopic (exact) mass is 394 g/mol. The van der Waals surface area contributed by atoms with E-state index < -0.39 is 0 Å². The molecule has 0 saturated carbocycles. The molecule has 0 aliphatic rings. The third-order valence-corrected chi connectivity index (χ3v) is 4.81. The van der Waals surface area contributed by atoms with Gasteiger partial charge in [0.05, 0.1) is 10.7 Å². The number of pyridine rings is 2. The normalized spacial score (nSPS) is 10.6. The van der Waals surface area contributed by atoms with Gasteiger partial charge in [0, 0.05) is 37.9 Å². The largest absolute Gasteiger partial charge is 0.354 e. The minimum absolute atomic E-state index is 0.121. The van der Waals surface area contributed by atoms with Gasteiger partial charge in [-0.05, 0) is 67.3 Å². The first kappa shape index (κ1) is 19.8. The van der Waals surface area contributed by atoms with Crippen molar-refractivity contribution in [2.45, 2.75) is 20.3 Å². The van der Waals surface area contributed by atoms with E-state index in [1.807, 2.05) is 38.1 Å². The molecule has 3 aromatic rings. The van der Waals surface area contributed by atoms with Crippen LogP contribution >= 0.6 is 11.6 Å². The van der Waals surface area contributed by atoms with Gasteiger partial charge in [-0.15, -0.1) is 0 Å². The molecule has 0 radical (unpaired) electrons. The lowest BCUT2D eigenvalue weighted by atomic mass is 10.1. The molecular weight excluding hydrogens is 372 g/mol. The summed E-state index contributed by atoms with van der Waals surface area (Å²) >= 11 is 6.38. The van der Waals surface area contributed by atoms with Gasteiger partial charge in [0.1, 0.15) is 5.69 Å². The number of nitrogens with one attached hydrogen (secondary N) is 1. The highest BCUT2D eigenvalue weighted by molar-refractivity contribution is 6.33. The molecule has 144 valence electrons. The Bertz CT molecular complexity index is 952. The molecule has 3 rings (SSSR count). The van der Waals surface area contributed by atoms with Gasteiger partial charge < -0.3 is 10.2 Å². The molecule has 0 aliphatic carbocycles. The number of rotatable bonds is 6. The second kappa shape index (κ2) is 8.85. The van der Waals surface area contributed by atoms with E-state index in [0.717, 1.165) is 34.5 Å². The van der Waals surface area contributed by atoms with Crippen molar-refractivity contribution >= 4 is 28.9 Å². The van der Waals surface area contributed by atoms with Crippen LogP contribution in [0, 0.1) is 13.8 Å². The number of aryl methyl sites for hydroxylation is 2. The molecule has 0 unspecified atom stereocenters. The maximum absolute atomic E-state index is 12.7. The summed E-state index contributed by atoms with van der Waals surface area (Å²) in [7, 11) is 1.78. The predicted octanol–water partition coefficient (Wildman–Crippen LogP) is 4.81. The van der Waals surface area contributed by atoms with Crippen LogP contribution < -0.4 is 5.32 Å². The Labute approximate surface area is 170 Å². The van der Waals surface area contributed by atoms with Crippen molar-refractivity contribution in [3.05, 3.63) is 82.4 Å². The highest BCUT2D eigenvalue weighted by atomic mass is 35.5. The van der Waals surface area contributed by atoms with Crippen molar-refractivity contribution in [2.75, 3.05) is 18.9 Å². The van der Waals surface area contributed by atoms with Gasteiger partial charge in [-0.25, -0.2) is 0 Å². The summed E-state index contributed by atoms with van der Waals surface area (Å²) in [5.41, 5.74) is 5.29. The molecule has 0 fully saturated rings. The Balaban J connectivity index is 1.71. The number of benzene rings is 1. The first-order valence-corrected chi connectivity index (χ1v) is 9.46. The number of carbonyl (C=O) groups is 1. The third-order valence-electron chi connectivity index (χ3n) is 4.51. The van der Waals surface area contributed by atoms with Crippen LogP contribution in [-0.4, -0.2) is 34.4 Å². The van der Waals surface area contributed by atoms with Crippen LogP contribution in [0.1, 0.15) is 27.2 Å².